The summed E-state index contributed by atoms with van der Waals surface area (Å²) in [6.45, 7) is 1.13. The molecule has 1 amide bonds. The predicted molar refractivity (Wildman–Crippen MR) is 85.0 cm³/mol. The molecule has 0 aliphatic carbocycles. The molecular weight excluding hydrogens is 301 g/mol. The number of anilines is 1. The highest BCUT2D eigenvalue weighted by Crippen LogP contribution is 2.22. The molecule has 0 bridgehead atoms. The molecule has 0 fully saturated rings. The van der Waals surface area contributed by atoms with E-state index in [1.807, 2.05) is 24.1 Å². The van der Waals surface area contributed by atoms with E-state index in [-0.39, 0.29) is 11.7 Å². The van der Waals surface area contributed by atoms with Gasteiger partial charge < -0.3 is 10.2 Å². The van der Waals surface area contributed by atoms with Gasteiger partial charge in [0, 0.05) is 19.5 Å². The lowest BCUT2D eigenvalue weighted by molar-refractivity contribution is -0.116. The molecule has 114 valence electrons. The molecule has 0 unspecified atom stereocenters. The van der Waals surface area contributed by atoms with Crippen LogP contribution in [0.15, 0.2) is 35.7 Å². The van der Waals surface area contributed by atoms with Crippen LogP contribution in [0.5, 0.6) is 0 Å². The summed E-state index contributed by atoms with van der Waals surface area (Å²) in [5.74, 6) is -0.393. The van der Waals surface area contributed by atoms with Gasteiger partial charge in [-0.3, -0.25) is 4.79 Å². The normalized spacial score (nSPS) is 10.5. The minimum atomic E-state index is -0.259. The van der Waals surface area contributed by atoms with Gasteiger partial charge in [-0.2, -0.15) is 5.26 Å². The van der Waals surface area contributed by atoms with E-state index in [1.165, 1.54) is 23.5 Å². The fraction of sp³-hybridized carbons (Fsp3) is 0.250. The molecule has 0 saturated carbocycles. The van der Waals surface area contributed by atoms with Crippen LogP contribution < -0.4 is 5.32 Å². The summed E-state index contributed by atoms with van der Waals surface area (Å²) in [4.78, 5) is 13.8. The Balaban J connectivity index is 1.80. The van der Waals surface area contributed by atoms with Crippen molar-refractivity contribution in [3.05, 3.63) is 52.7 Å². The first kappa shape index (κ1) is 16.1. The first-order chi connectivity index (χ1) is 10.6. The van der Waals surface area contributed by atoms with E-state index in [2.05, 4.69) is 5.32 Å². The molecule has 22 heavy (non-hydrogen) atoms. The van der Waals surface area contributed by atoms with Gasteiger partial charge in [0.2, 0.25) is 5.91 Å². The van der Waals surface area contributed by atoms with Crippen molar-refractivity contribution in [3.8, 4) is 6.07 Å². The summed E-state index contributed by atoms with van der Waals surface area (Å²) in [7, 11) is 1.88. The smallest absolute Gasteiger partial charge is 0.226 e. The number of amides is 1. The molecule has 6 heteroatoms. The highest BCUT2D eigenvalue weighted by Gasteiger charge is 2.09. The molecule has 0 aliphatic rings. The summed E-state index contributed by atoms with van der Waals surface area (Å²) in [5.41, 5.74) is 1.35. The van der Waals surface area contributed by atoms with Crippen LogP contribution in [0.1, 0.15) is 17.5 Å². The van der Waals surface area contributed by atoms with E-state index in [1.54, 1.807) is 17.5 Å². The molecule has 4 nitrogen and oxygen atoms in total. The van der Waals surface area contributed by atoms with Crippen LogP contribution in [0.2, 0.25) is 0 Å². The van der Waals surface area contributed by atoms with Crippen molar-refractivity contribution >= 4 is 22.2 Å². The number of nitrogens with one attached hydrogen (secondary N) is 1. The second kappa shape index (κ2) is 7.69. The van der Waals surface area contributed by atoms with Gasteiger partial charge in [0.25, 0.3) is 0 Å². The minimum absolute atomic E-state index is 0.134. The summed E-state index contributed by atoms with van der Waals surface area (Å²) in [5, 5.41) is 14.0. The minimum Gasteiger partial charge on any atom is -0.317 e. The van der Waals surface area contributed by atoms with Gasteiger partial charge in [0.05, 0.1) is 5.56 Å². The SMILES string of the molecule is CN(CCC(=O)Nc1sccc1C#N)Cc1cccc(F)c1. The number of rotatable bonds is 6. The van der Waals surface area contributed by atoms with E-state index in [0.29, 0.717) is 30.1 Å². The number of nitriles is 1. The van der Waals surface area contributed by atoms with Gasteiger partial charge in [0.15, 0.2) is 0 Å². The lowest BCUT2D eigenvalue weighted by atomic mass is 10.2. The summed E-state index contributed by atoms with van der Waals surface area (Å²) in [6, 6.07) is 10.1. The number of benzene rings is 1. The standard InChI is InChI=1S/C16H16FN3OS/c1-20(11-12-3-2-4-14(17)9-12)7-5-15(21)19-16-13(10-18)6-8-22-16/h2-4,6,8-9H,5,7,11H2,1H3,(H,19,21). The van der Waals surface area contributed by atoms with Crippen LogP contribution in [0, 0.1) is 17.1 Å². The van der Waals surface area contributed by atoms with Crippen molar-refractivity contribution in [2.45, 2.75) is 13.0 Å². The number of hydrogen-bond donors (Lipinski definition) is 1. The van der Waals surface area contributed by atoms with Crippen molar-refractivity contribution in [3.63, 3.8) is 0 Å². The Bertz CT molecular complexity index is 693. The second-order valence-electron chi connectivity index (χ2n) is 4.94. The first-order valence-corrected chi connectivity index (χ1v) is 7.67. The molecule has 0 radical (unpaired) electrons. The third kappa shape index (κ3) is 4.65. The Labute approximate surface area is 132 Å². The van der Waals surface area contributed by atoms with Gasteiger partial charge in [-0.25, -0.2) is 4.39 Å². The zero-order valence-electron chi connectivity index (χ0n) is 12.2. The van der Waals surface area contributed by atoms with Crippen molar-refractivity contribution < 1.29 is 9.18 Å². The second-order valence-corrected chi connectivity index (χ2v) is 5.86. The van der Waals surface area contributed by atoms with Crippen molar-refractivity contribution in [2.75, 3.05) is 18.9 Å². The number of carbonyl (C=O) groups is 1. The van der Waals surface area contributed by atoms with E-state index < -0.39 is 0 Å². The van der Waals surface area contributed by atoms with Gasteiger partial charge >= 0.3 is 0 Å². The monoisotopic (exact) mass is 317 g/mol. The highest BCUT2D eigenvalue weighted by atomic mass is 32.1. The van der Waals surface area contributed by atoms with Gasteiger partial charge in [-0.1, -0.05) is 12.1 Å². The molecular formula is C16H16FN3OS. The van der Waals surface area contributed by atoms with Crippen LogP contribution in [-0.2, 0) is 11.3 Å². The van der Waals surface area contributed by atoms with Crippen molar-refractivity contribution in [2.24, 2.45) is 0 Å². The van der Waals surface area contributed by atoms with Crippen molar-refractivity contribution in [1.29, 1.82) is 5.26 Å². The molecule has 0 spiro atoms. The topological polar surface area (TPSA) is 56.1 Å². The van der Waals surface area contributed by atoms with Crippen LogP contribution >= 0.6 is 11.3 Å². The Hall–Kier alpha value is -2.23. The summed E-state index contributed by atoms with van der Waals surface area (Å²) >= 11 is 1.33. The third-order valence-corrected chi connectivity index (χ3v) is 3.93. The van der Waals surface area contributed by atoms with Gasteiger partial charge in [0.1, 0.15) is 16.9 Å². The Morgan fingerprint density at radius 2 is 2.27 bits per heavy atom. The Morgan fingerprint density at radius 3 is 3.00 bits per heavy atom. The number of thiophene rings is 1. The van der Waals surface area contributed by atoms with Crippen LogP contribution in [0.3, 0.4) is 0 Å². The maximum atomic E-state index is 13.1. The lowest BCUT2D eigenvalue weighted by Gasteiger charge is -2.16. The van der Waals surface area contributed by atoms with Gasteiger partial charge in [-0.05, 0) is 36.2 Å². The maximum absolute atomic E-state index is 13.1. The number of carbonyl (C=O) groups excluding carboxylic acids is 1. The molecule has 2 aromatic rings. The third-order valence-electron chi connectivity index (χ3n) is 3.10. The molecule has 0 saturated heterocycles. The first-order valence-electron chi connectivity index (χ1n) is 6.79. The Kier molecular flexibility index (Phi) is 5.64. The molecule has 1 heterocycles. The number of hydrogen-bond acceptors (Lipinski definition) is 4. The zero-order chi connectivity index (χ0) is 15.9. The fourth-order valence-corrected chi connectivity index (χ4v) is 2.76. The molecule has 1 aromatic heterocycles. The highest BCUT2D eigenvalue weighted by molar-refractivity contribution is 7.14. The summed E-state index contributed by atoms with van der Waals surface area (Å²) in [6.07, 6.45) is 0.314. The van der Waals surface area contributed by atoms with E-state index in [0.717, 1.165) is 5.56 Å². The van der Waals surface area contributed by atoms with Crippen LogP contribution in [0.4, 0.5) is 9.39 Å². The lowest BCUT2D eigenvalue weighted by Crippen LogP contribution is -2.24. The van der Waals surface area contributed by atoms with E-state index >= 15 is 0 Å². The van der Waals surface area contributed by atoms with Crippen molar-refractivity contribution in [1.82, 2.24) is 4.90 Å². The van der Waals surface area contributed by atoms with E-state index in [9.17, 15) is 9.18 Å². The Morgan fingerprint density at radius 1 is 1.45 bits per heavy atom. The molecule has 2 rings (SSSR count). The average molecular weight is 317 g/mol. The largest absolute Gasteiger partial charge is 0.317 e. The molecule has 0 aliphatic heterocycles. The predicted octanol–water partition coefficient (Wildman–Crippen LogP) is 3.22. The quantitative estimate of drug-likeness (QED) is 0.890. The molecule has 1 aromatic carbocycles. The van der Waals surface area contributed by atoms with Crippen LogP contribution in [-0.4, -0.2) is 24.4 Å². The van der Waals surface area contributed by atoms with Crippen LogP contribution in [0.25, 0.3) is 0 Å². The number of nitrogens with zero attached hydrogens (tertiary/aromatic N) is 2. The summed E-state index contributed by atoms with van der Waals surface area (Å²) < 4.78 is 13.1. The molecule has 0 atom stereocenters. The fourth-order valence-electron chi connectivity index (χ4n) is 2.00. The zero-order valence-corrected chi connectivity index (χ0v) is 13.0. The molecule has 1 N–H and O–H groups in total. The average Bonchev–Trinajstić information content (AvgIpc) is 2.92. The number of halogens is 1. The van der Waals surface area contributed by atoms with E-state index in [4.69, 9.17) is 5.26 Å². The maximum Gasteiger partial charge on any atom is 0.226 e. The van der Waals surface area contributed by atoms with Gasteiger partial charge in [-0.15, -0.1) is 11.3 Å².